The van der Waals surface area contributed by atoms with Gasteiger partial charge in [-0.15, -0.1) is 0 Å². The predicted octanol–water partition coefficient (Wildman–Crippen LogP) is -0.106. The second-order valence-corrected chi connectivity index (χ2v) is 5.69. The minimum Gasteiger partial charge on any atom is -0.339 e. The number of aromatic nitrogens is 2. The molecule has 1 rings (SSSR count). The Morgan fingerprint density at radius 2 is 2.20 bits per heavy atom. The molecule has 0 bridgehead atoms. The number of rotatable bonds is 5. The van der Waals surface area contributed by atoms with Crippen LogP contribution in [0.15, 0.2) is 4.52 Å². The first-order valence-electron chi connectivity index (χ1n) is 4.65. The van der Waals surface area contributed by atoms with Crippen LogP contribution in [0, 0.1) is 0 Å². The molecule has 0 aliphatic carbocycles. The molecule has 0 spiro atoms. The van der Waals surface area contributed by atoms with Crippen LogP contribution in [0.4, 0.5) is 0 Å². The van der Waals surface area contributed by atoms with Gasteiger partial charge in [0.2, 0.25) is 5.89 Å². The summed E-state index contributed by atoms with van der Waals surface area (Å²) in [7, 11) is -3.11. The van der Waals surface area contributed by atoms with Crippen molar-refractivity contribution in [1.82, 2.24) is 10.1 Å². The Balaban J connectivity index is 2.64. The van der Waals surface area contributed by atoms with Gasteiger partial charge in [0.1, 0.15) is 5.75 Å². The second-order valence-electron chi connectivity index (χ2n) is 3.55. The topological polar surface area (TPSA) is 99.1 Å². The van der Waals surface area contributed by atoms with Crippen LogP contribution in [0.2, 0.25) is 0 Å². The monoisotopic (exact) mass is 233 g/mol. The Kier molecular flexibility index (Phi) is 3.81. The lowest BCUT2D eigenvalue weighted by atomic mass is 10.2. The molecule has 0 radical (unpaired) electrons. The Morgan fingerprint density at radius 3 is 2.73 bits per heavy atom. The van der Waals surface area contributed by atoms with E-state index < -0.39 is 9.84 Å². The highest BCUT2D eigenvalue weighted by molar-refractivity contribution is 7.89. The predicted molar refractivity (Wildman–Crippen MR) is 54.8 cm³/mol. The van der Waals surface area contributed by atoms with E-state index >= 15 is 0 Å². The van der Waals surface area contributed by atoms with E-state index in [9.17, 15) is 8.42 Å². The maximum atomic E-state index is 10.9. The lowest BCUT2D eigenvalue weighted by Crippen LogP contribution is -2.21. The summed E-state index contributed by atoms with van der Waals surface area (Å²) in [5.74, 6) is 0.386. The molecule has 2 N–H and O–H groups in total. The van der Waals surface area contributed by atoms with Crippen LogP contribution in [0.1, 0.15) is 25.1 Å². The van der Waals surface area contributed by atoms with Gasteiger partial charge in [0.05, 0.1) is 0 Å². The lowest BCUT2D eigenvalue weighted by Gasteiger charge is -2.02. The molecule has 1 unspecified atom stereocenters. The highest BCUT2D eigenvalue weighted by atomic mass is 32.2. The fraction of sp³-hybridized carbons (Fsp3) is 0.750. The quantitative estimate of drug-likeness (QED) is 0.762. The molecule has 1 aromatic heterocycles. The summed E-state index contributed by atoms with van der Waals surface area (Å²) in [5.41, 5.74) is 5.70. The van der Waals surface area contributed by atoms with Crippen LogP contribution in [-0.4, -0.2) is 30.9 Å². The fourth-order valence-electron chi connectivity index (χ4n) is 1.03. The highest BCUT2D eigenvalue weighted by Crippen LogP contribution is 2.04. The largest absolute Gasteiger partial charge is 0.339 e. The third-order valence-electron chi connectivity index (χ3n) is 1.86. The first-order valence-corrected chi connectivity index (χ1v) is 6.71. The van der Waals surface area contributed by atoms with Crippen molar-refractivity contribution in [2.45, 2.75) is 31.6 Å². The van der Waals surface area contributed by atoms with Crippen molar-refractivity contribution in [3.8, 4) is 0 Å². The second kappa shape index (κ2) is 4.71. The normalized spacial score (nSPS) is 14.1. The van der Waals surface area contributed by atoms with Crippen LogP contribution < -0.4 is 5.73 Å². The molecule has 7 heteroatoms. The minimum atomic E-state index is -3.11. The van der Waals surface area contributed by atoms with Gasteiger partial charge in [-0.2, -0.15) is 4.98 Å². The summed E-state index contributed by atoms with van der Waals surface area (Å²) < 4.78 is 26.8. The van der Waals surface area contributed by atoms with E-state index in [1.807, 2.05) is 6.92 Å². The summed E-state index contributed by atoms with van der Waals surface area (Å²) >= 11 is 0. The first kappa shape index (κ1) is 12.1. The van der Waals surface area contributed by atoms with E-state index in [1.54, 1.807) is 0 Å². The maximum absolute atomic E-state index is 10.9. The molecule has 0 aromatic carbocycles. The number of sulfone groups is 1. The van der Waals surface area contributed by atoms with Gasteiger partial charge < -0.3 is 10.3 Å². The van der Waals surface area contributed by atoms with Gasteiger partial charge in [0.15, 0.2) is 15.7 Å². The molecule has 0 amide bonds. The molecular weight excluding hydrogens is 218 g/mol. The van der Waals surface area contributed by atoms with Crippen LogP contribution in [-0.2, 0) is 22.0 Å². The number of hydrogen-bond acceptors (Lipinski definition) is 6. The molecule has 1 atom stereocenters. The Bertz CT molecular complexity index is 413. The van der Waals surface area contributed by atoms with Crippen molar-refractivity contribution < 1.29 is 12.9 Å². The highest BCUT2D eigenvalue weighted by Gasteiger charge is 2.13. The molecule has 1 aromatic rings. The third-order valence-corrected chi connectivity index (χ3v) is 2.65. The standard InChI is InChI=1S/C8H15N3O3S/c1-3-6(9)4-8-10-7(11-14-8)5-15(2,12)13/h6H,3-5,9H2,1-2H3. The summed E-state index contributed by atoms with van der Waals surface area (Å²) in [6.07, 6.45) is 2.41. The van der Waals surface area contributed by atoms with Crippen molar-refractivity contribution in [3.63, 3.8) is 0 Å². The van der Waals surface area contributed by atoms with Crippen molar-refractivity contribution in [3.05, 3.63) is 11.7 Å². The van der Waals surface area contributed by atoms with Crippen molar-refractivity contribution in [2.24, 2.45) is 5.73 Å². The molecular formula is C8H15N3O3S. The third kappa shape index (κ3) is 4.39. The molecule has 6 nitrogen and oxygen atoms in total. The van der Waals surface area contributed by atoms with Gasteiger partial charge in [0.25, 0.3) is 0 Å². The van der Waals surface area contributed by atoms with E-state index in [1.165, 1.54) is 0 Å². The van der Waals surface area contributed by atoms with E-state index in [2.05, 4.69) is 10.1 Å². The Labute approximate surface area is 88.8 Å². The zero-order chi connectivity index (χ0) is 11.5. The zero-order valence-corrected chi connectivity index (χ0v) is 9.62. The van der Waals surface area contributed by atoms with Crippen LogP contribution in [0.3, 0.4) is 0 Å². The van der Waals surface area contributed by atoms with Crippen LogP contribution in [0.5, 0.6) is 0 Å². The number of nitrogens with zero attached hydrogens (tertiary/aromatic N) is 2. The fourth-order valence-corrected chi connectivity index (χ4v) is 1.62. The van der Waals surface area contributed by atoms with Crippen molar-refractivity contribution in [2.75, 3.05) is 6.26 Å². The molecule has 1 heterocycles. The Morgan fingerprint density at radius 1 is 1.53 bits per heavy atom. The molecule has 0 saturated heterocycles. The van der Waals surface area contributed by atoms with E-state index in [0.29, 0.717) is 12.3 Å². The summed E-state index contributed by atoms with van der Waals surface area (Å²) in [5, 5.41) is 3.57. The molecule has 15 heavy (non-hydrogen) atoms. The van der Waals surface area contributed by atoms with Crippen LogP contribution >= 0.6 is 0 Å². The summed E-state index contributed by atoms with van der Waals surface area (Å²) in [4.78, 5) is 3.95. The van der Waals surface area contributed by atoms with E-state index in [-0.39, 0.29) is 17.6 Å². The van der Waals surface area contributed by atoms with Crippen LogP contribution in [0.25, 0.3) is 0 Å². The molecule has 0 aliphatic rings. The van der Waals surface area contributed by atoms with Crippen molar-refractivity contribution in [1.29, 1.82) is 0 Å². The number of hydrogen-bond donors (Lipinski definition) is 1. The van der Waals surface area contributed by atoms with Gasteiger partial charge in [-0.1, -0.05) is 12.1 Å². The van der Waals surface area contributed by atoms with Gasteiger partial charge >= 0.3 is 0 Å². The zero-order valence-electron chi connectivity index (χ0n) is 8.80. The smallest absolute Gasteiger partial charge is 0.228 e. The minimum absolute atomic E-state index is 0.0310. The van der Waals surface area contributed by atoms with Gasteiger partial charge in [-0.05, 0) is 6.42 Å². The summed E-state index contributed by atoms with van der Waals surface area (Å²) in [6.45, 7) is 1.96. The molecule has 0 aliphatic heterocycles. The SMILES string of the molecule is CCC(N)Cc1nc(CS(C)(=O)=O)no1. The summed E-state index contributed by atoms with van der Waals surface area (Å²) in [6, 6.07) is -0.0310. The van der Waals surface area contributed by atoms with E-state index in [4.69, 9.17) is 10.3 Å². The van der Waals surface area contributed by atoms with Gasteiger partial charge in [-0.25, -0.2) is 8.42 Å². The molecule has 0 fully saturated rings. The first-order chi connectivity index (χ1) is 6.90. The van der Waals surface area contributed by atoms with Gasteiger partial charge in [-0.3, -0.25) is 0 Å². The Hall–Kier alpha value is -0.950. The molecule has 0 saturated carbocycles. The average Bonchev–Trinajstić information content (AvgIpc) is 2.49. The average molecular weight is 233 g/mol. The van der Waals surface area contributed by atoms with Crippen molar-refractivity contribution >= 4 is 9.84 Å². The number of nitrogens with two attached hydrogens (primary N) is 1. The van der Waals surface area contributed by atoms with Gasteiger partial charge in [0, 0.05) is 18.7 Å². The van der Waals surface area contributed by atoms with E-state index in [0.717, 1.165) is 12.7 Å². The lowest BCUT2D eigenvalue weighted by molar-refractivity contribution is 0.364. The molecule has 86 valence electrons. The maximum Gasteiger partial charge on any atom is 0.228 e.